The van der Waals surface area contributed by atoms with E-state index in [1.165, 1.54) is 17.0 Å². The molecule has 0 atom stereocenters. The van der Waals surface area contributed by atoms with Crippen LogP contribution in [0.4, 0.5) is 10.7 Å². The second-order valence-corrected chi connectivity index (χ2v) is 8.52. The molecule has 150 valence electrons. The number of piperazine rings is 1. The second kappa shape index (κ2) is 8.55. The van der Waals surface area contributed by atoms with Crippen LogP contribution in [0.25, 0.3) is 0 Å². The number of nitrogens with one attached hydrogen (secondary N) is 1. The predicted molar refractivity (Wildman–Crippen MR) is 107 cm³/mol. The van der Waals surface area contributed by atoms with Crippen molar-refractivity contribution in [1.29, 1.82) is 0 Å². The Hall–Kier alpha value is -2.68. The maximum Gasteiger partial charge on any atom is 0.331 e. The first-order valence-corrected chi connectivity index (χ1v) is 10.8. The lowest BCUT2D eigenvalue weighted by Crippen LogP contribution is -2.53. The lowest BCUT2D eigenvalue weighted by molar-refractivity contribution is 0.200. The Morgan fingerprint density at radius 2 is 1.68 bits per heavy atom. The number of carbonyl (C=O) groups excluding carboxylic acids is 1. The van der Waals surface area contributed by atoms with E-state index in [2.05, 4.69) is 21.6 Å². The number of amides is 2. The molecule has 1 aromatic heterocycles. The summed E-state index contributed by atoms with van der Waals surface area (Å²) >= 11 is 0. The number of nitrogens with zero attached hydrogens (tertiary/aromatic N) is 4. The van der Waals surface area contributed by atoms with Gasteiger partial charge in [-0.25, -0.2) is 27.9 Å². The molecule has 0 spiro atoms. The minimum absolute atomic E-state index is 0.0747. The highest BCUT2D eigenvalue weighted by atomic mass is 32.2. The molecule has 0 saturated carbocycles. The molecule has 2 heterocycles. The summed E-state index contributed by atoms with van der Waals surface area (Å²) in [5.41, 5.74) is 2.05. The summed E-state index contributed by atoms with van der Waals surface area (Å²) in [6, 6.07) is 5.76. The number of benzene rings is 1. The molecule has 0 radical (unpaired) electrons. The third-order valence-electron chi connectivity index (χ3n) is 4.63. The monoisotopic (exact) mass is 403 g/mol. The maximum absolute atomic E-state index is 12.4. The van der Waals surface area contributed by atoms with Gasteiger partial charge in [0.05, 0.1) is 4.90 Å². The van der Waals surface area contributed by atoms with Gasteiger partial charge in [-0.3, -0.25) is 0 Å². The molecule has 0 bridgehead atoms. The molecule has 8 nitrogen and oxygen atoms in total. The summed E-state index contributed by atoms with van der Waals surface area (Å²) in [5, 5.41) is 0. The fourth-order valence-electron chi connectivity index (χ4n) is 2.99. The summed E-state index contributed by atoms with van der Waals surface area (Å²) in [7, 11) is -3.88. The Morgan fingerprint density at radius 1 is 1.07 bits per heavy atom. The second-order valence-electron chi connectivity index (χ2n) is 6.84. The molecule has 2 amide bonds. The van der Waals surface area contributed by atoms with Crippen LogP contribution in [0, 0.1) is 6.92 Å². The molecule has 1 aliphatic rings. The van der Waals surface area contributed by atoms with Crippen LogP contribution < -0.4 is 9.62 Å². The van der Waals surface area contributed by atoms with Crippen molar-refractivity contribution in [3.63, 3.8) is 0 Å². The molecule has 3 rings (SSSR count). The van der Waals surface area contributed by atoms with Gasteiger partial charge in [0.1, 0.15) is 0 Å². The van der Waals surface area contributed by atoms with E-state index < -0.39 is 16.1 Å². The highest BCUT2D eigenvalue weighted by Crippen LogP contribution is 2.13. The van der Waals surface area contributed by atoms with E-state index in [1.54, 1.807) is 12.1 Å². The van der Waals surface area contributed by atoms with Crippen LogP contribution in [0.15, 0.2) is 41.6 Å². The molecule has 2 aromatic rings. The van der Waals surface area contributed by atoms with Crippen LogP contribution in [0.1, 0.15) is 24.5 Å². The molecule has 1 saturated heterocycles. The van der Waals surface area contributed by atoms with E-state index in [9.17, 15) is 13.2 Å². The molecule has 0 unspecified atom stereocenters. The number of aromatic nitrogens is 2. The number of aryl methyl sites for hydroxylation is 2. The first kappa shape index (κ1) is 20.1. The number of hydrogen-bond acceptors (Lipinski definition) is 6. The van der Waals surface area contributed by atoms with E-state index in [4.69, 9.17) is 0 Å². The summed E-state index contributed by atoms with van der Waals surface area (Å²) in [6.07, 6.45) is 5.66. The van der Waals surface area contributed by atoms with Crippen LogP contribution in [0.2, 0.25) is 0 Å². The van der Waals surface area contributed by atoms with Gasteiger partial charge in [0.15, 0.2) is 0 Å². The van der Waals surface area contributed by atoms with Crippen LogP contribution in [0.5, 0.6) is 0 Å². The minimum Gasteiger partial charge on any atom is -0.337 e. The Bertz CT molecular complexity index is 906. The van der Waals surface area contributed by atoms with E-state index in [-0.39, 0.29) is 4.90 Å². The average Bonchev–Trinajstić information content (AvgIpc) is 2.69. The molecule has 9 heteroatoms. The Balaban J connectivity index is 1.56. The number of carbonyl (C=O) groups is 1. The van der Waals surface area contributed by atoms with Crippen molar-refractivity contribution in [3.05, 3.63) is 47.8 Å². The van der Waals surface area contributed by atoms with E-state index >= 15 is 0 Å². The molecular weight excluding hydrogens is 378 g/mol. The molecule has 1 N–H and O–H groups in total. The molecular formula is C19H25N5O3S. The summed E-state index contributed by atoms with van der Waals surface area (Å²) in [4.78, 5) is 24.8. The van der Waals surface area contributed by atoms with Gasteiger partial charge in [-0.15, -0.1) is 0 Å². The standard InChI is InChI=1S/C19H25N5O3S/c1-3-4-16-13-20-18(21-14-16)23-9-11-24(12-10-23)19(25)22-28(26,27)17-7-5-15(2)6-8-17/h5-8,13-14H,3-4,9-12H2,1-2H3,(H,22,25). The summed E-state index contributed by atoms with van der Waals surface area (Å²) in [5.74, 6) is 0.632. The van der Waals surface area contributed by atoms with Crippen molar-refractivity contribution < 1.29 is 13.2 Å². The quantitative estimate of drug-likeness (QED) is 0.820. The van der Waals surface area contributed by atoms with Crippen molar-refractivity contribution in [2.24, 2.45) is 0 Å². The van der Waals surface area contributed by atoms with Crippen LogP contribution in [-0.4, -0.2) is 55.5 Å². The lowest BCUT2D eigenvalue weighted by atomic mass is 10.2. The van der Waals surface area contributed by atoms with Gasteiger partial charge < -0.3 is 9.80 Å². The molecule has 0 aliphatic carbocycles. The fourth-order valence-corrected chi connectivity index (χ4v) is 3.97. The van der Waals surface area contributed by atoms with E-state index in [0.29, 0.717) is 32.1 Å². The van der Waals surface area contributed by atoms with Crippen LogP contribution >= 0.6 is 0 Å². The lowest BCUT2D eigenvalue weighted by Gasteiger charge is -2.34. The third kappa shape index (κ3) is 4.78. The van der Waals surface area contributed by atoms with Crippen LogP contribution in [0.3, 0.4) is 0 Å². The minimum atomic E-state index is -3.88. The average molecular weight is 404 g/mol. The van der Waals surface area contributed by atoms with Gasteiger partial charge in [0, 0.05) is 38.6 Å². The van der Waals surface area contributed by atoms with Gasteiger partial charge in [-0.2, -0.15) is 0 Å². The fraction of sp³-hybridized carbons (Fsp3) is 0.421. The van der Waals surface area contributed by atoms with Gasteiger partial charge in [-0.05, 0) is 31.0 Å². The number of hydrogen-bond donors (Lipinski definition) is 1. The predicted octanol–water partition coefficient (Wildman–Crippen LogP) is 1.96. The SMILES string of the molecule is CCCc1cnc(N2CCN(C(=O)NS(=O)(=O)c3ccc(C)cc3)CC2)nc1. The van der Waals surface area contributed by atoms with E-state index in [1.807, 2.05) is 24.2 Å². The number of anilines is 1. The zero-order valence-electron chi connectivity index (χ0n) is 16.1. The van der Waals surface area contributed by atoms with Crippen molar-refractivity contribution in [1.82, 2.24) is 19.6 Å². The molecule has 1 fully saturated rings. The first-order valence-electron chi connectivity index (χ1n) is 9.33. The first-order chi connectivity index (χ1) is 13.4. The zero-order chi connectivity index (χ0) is 20.1. The topological polar surface area (TPSA) is 95.5 Å². The molecule has 1 aromatic carbocycles. The Kier molecular flexibility index (Phi) is 6.13. The van der Waals surface area contributed by atoms with Crippen molar-refractivity contribution >= 4 is 22.0 Å². The summed E-state index contributed by atoms with van der Waals surface area (Å²) in [6.45, 7) is 5.87. The van der Waals surface area contributed by atoms with Gasteiger partial charge in [0.25, 0.3) is 10.0 Å². The number of rotatable bonds is 5. The Labute approximate surface area is 165 Å². The normalized spacial score (nSPS) is 14.8. The van der Waals surface area contributed by atoms with E-state index in [0.717, 1.165) is 24.0 Å². The Morgan fingerprint density at radius 3 is 2.25 bits per heavy atom. The number of urea groups is 1. The van der Waals surface area contributed by atoms with Crippen LogP contribution in [-0.2, 0) is 16.4 Å². The third-order valence-corrected chi connectivity index (χ3v) is 5.97. The maximum atomic E-state index is 12.4. The summed E-state index contributed by atoms with van der Waals surface area (Å²) < 4.78 is 26.9. The van der Waals surface area contributed by atoms with Crippen molar-refractivity contribution in [2.75, 3.05) is 31.1 Å². The van der Waals surface area contributed by atoms with Crippen molar-refractivity contribution in [3.8, 4) is 0 Å². The largest absolute Gasteiger partial charge is 0.337 e. The highest BCUT2D eigenvalue weighted by molar-refractivity contribution is 7.90. The van der Waals surface area contributed by atoms with Gasteiger partial charge in [-0.1, -0.05) is 31.0 Å². The smallest absolute Gasteiger partial charge is 0.331 e. The van der Waals surface area contributed by atoms with Gasteiger partial charge in [0.2, 0.25) is 5.95 Å². The highest BCUT2D eigenvalue weighted by Gasteiger charge is 2.26. The molecule has 28 heavy (non-hydrogen) atoms. The zero-order valence-corrected chi connectivity index (χ0v) is 16.9. The van der Waals surface area contributed by atoms with Crippen molar-refractivity contribution in [2.45, 2.75) is 31.6 Å². The van der Waals surface area contributed by atoms with Gasteiger partial charge >= 0.3 is 6.03 Å². The number of sulfonamides is 1. The molecule has 1 aliphatic heterocycles.